The minimum absolute atomic E-state index is 0. The van der Waals surface area contributed by atoms with Gasteiger partial charge in [0.1, 0.15) is 0 Å². The third kappa shape index (κ3) is 1.95. The van der Waals surface area contributed by atoms with Gasteiger partial charge in [-0.1, -0.05) is 18.2 Å². The van der Waals surface area contributed by atoms with Crippen LogP contribution in [0.5, 0.6) is 0 Å². The van der Waals surface area contributed by atoms with E-state index >= 15 is 0 Å². The number of halogens is 1. The van der Waals surface area contributed by atoms with E-state index in [1.165, 1.54) is 17.5 Å². The molecule has 0 fully saturated rings. The highest BCUT2D eigenvalue weighted by molar-refractivity contribution is 8.93. The van der Waals surface area contributed by atoms with Crippen LogP contribution >= 0.6 is 28.9 Å². The molecule has 62 valence electrons. The van der Waals surface area contributed by atoms with Crippen molar-refractivity contribution in [3.63, 3.8) is 0 Å². The molecule has 0 aliphatic carbocycles. The van der Waals surface area contributed by atoms with Crippen molar-refractivity contribution in [3.8, 4) is 0 Å². The first-order valence-electron chi connectivity index (χ1n) is 3.29. The molecule has 1 aliphatic heterocycles. The molecular weight excluding hydrogens is 236 g/mol. The maximum absolute atomic E-state index is 3.87. The maximum atomic E-state index is 3.87. The smallest absolute Gasteiger partial charge is 0.0508 e. The topological polar surface area (TPSA) is 24.7 Å². The van der Waals surface area contributed by atoms with Crippen LogP contribution in [0.15, 0.2) is 45.0 Å². The molecule has 0 amide bonds. The lowest BCUT2D eigenvalue weighted by atomic mass is 10.2. The zero-order valence-electron chi connectivity index (χ0n) is 6.18. The second-order valence-corrected chi connectivity index (χ2v) is 2.93. The Kier molecular flexibility index (Phi) is 3.49. The fourth-order valence-electron chi connectivity index (χ4n) is 0.910. The van der Waals surface area contributed by atoms with Gasteiger partial charge in [-0.25, -0.2) is 0 Å². The van der Waals surface area contributed by atoms with Gasteiger partial charge in [0.25, 0.3) is 0 Å². The minimum Gasteiger partial charge on any atom is -0.151 e. The van der Waals surface area contributed by atoms with Crippen LogP contribution < -0.4 is 0 Å². The summed E-state index contributed by atoms with van der Waals surface area (Å²) in [6.45, 7) is 0. The van der Waals surface area contributed by atoms with Crippen LogP contribution in [0.1, 0.15) is 5.56 Å². The highest BCUT2D eigenvalue weighted by atomic mass is 79.9. The molecule has 0 N–H and O–H groups in total. The van der Waals surface area contributed by atoms with Gasteiger partial charge in [0.05, 0.1) is 6.20 Å². The normalized spacial score (nSPS) is 13.0. The molecule has 1 aromatic carbocycles. The second kappa shape index (κ2) is 4.42. The molecule has 0 radical (unpaired) electrons. The molecule has 12 heavy (non-hydrogen) atoms. The van der Waals surface area contributed by atoms with Gasteiger partial charge in [0.15, 0.2) is 0 Å². The molecule has 4 heteroatoms. The van der Waals surface area contributed by atoms with Crippen LogP contribution in [0.3, 0.4) is 0 Å². The van der Waals surface area contributed by atoms with E-state index in [0.717, 1.165) is 4.90 Å². The molecule has 2 rings (SSSR count). The van der Waals surface area contributed by atoms with Gasteiger partial charge in [-0.05, 0) is 17.7 Å². The van der Waals surface area contributed by atoms with E-state index in [0.29, 0.717) is 0 Å². The van der Waals surface area contributed by atoms with Crippen molar-refractivity contribution in [1.82, 2.24) is 0 Å². The first-order chi connectivity index (χ1) is 5.47. The highest BCUT2D eigenvalue weighted by Gasteiger charge is 1.99. The first kappa shape index (κ1) is 9.48. The Bertz CT molecular complexity index is 323. The van der Waals surface area contributed by atoms with Gasteiger partial charge in [-0.2, -0.15) is 5.11 Å². The summed E-state index contributed by atoms with van der Waals surface area (Å²) < 4.78 is 3.87. The van der Waals surface area contributed by atoms with Gasteiger partial charge >= 0.3 is 0 Å². The van der Waals surface area contributed by atoms with E-state index in [9.17, 15) is 0 Å². The number of nitrogens with zero attached hydrogens (tertiary/aromatic N) is 2. The lowest BCUT2D eigenvalue weighted by molar-refractivity contribution is 1.35. The van der Waals surface area contributed by atoms with Crippen molar-refractivity contribution in [2.45, 2.75) is 4.90 Å². The van der Waals surface area contributed by atoms with E-state index in [-0.39, 0.29) is 17.0 Å². The number of fused-ring (bicyclic) bond motifs is 1. The van der Waals surface area contributed by atoms with Crippen molar-refractivity contribution in [2.75, 3.05) is 0 Å². The Balaban J connectivity index is 0.000000720. The molecule has 0 unspecified atom stereocenters. The summed E-state index contributed by atoms with van der Waals surface area (Å²) in [7, 11) is 0. The Morgan fingerprint density at radius 1 is 1.17 bits per heavy atom. The standard InChI is InChI=1S/C8H6N2S.BrH/c1-2-4-8-7(3-1)5-6-9-10-11-8;/h1-6H;1H. The summed E-state index contributed by atoms with van der Waals surface area (Å²) in [5, 5.41) is 3.79. The van der Waals surface area contributed by atoms with Gasteiger partial charge in [-0.3, -0.25) is 0 Å². The fourth-order valence-corrected chi connectivity index (χ4v) is 1.48. The first-order valence-corrected chi connectivity index (χ1v) is 4.07. The Morgan fingerprint density at radius 2 is 2.00 bits per heavy atom. The van der Waals surface area contributed by atoms with E-state index in [1.807, 2.05) is 24.3 Å². The molecule has 1 heterocycles. The van der Waals surface area contributed by atoms with Crippen molar-refractivity contribution >= 4 is 35.0 Å². The molecule has 0 bridgehead atoms. The average Bonchev–Trinajstić information content (AvgIpc) is 2.28. The van der Waals surface area contributed by atoms with Gasteiger partial charge < -0.3 is 0 Å². The summed E-state index contributed by atoms with van der Waals surface area (Å²) in [5.41, 5.74) is 1.18. The zero-order valence-corrected chi connectivity index (χ0v) is 8.70. The van der Waals surface area contributed by atoms with Crippen LogP contribution in [-0.4, -0.2) is 0 Å². The number of rotatable bonds is 0. The van der Waals surface area contributed by atoms with Crippen molar-refractivity contribution in [2.24, 2.45) is 9.63 Å². The SMILES string of the molecule is Br.C1=Cc2ccccc2SN=N1. The Labute approximate surface area is 85.7 Å². The van der Waals surface area contributed by atoms with Crippen LogP contribution in [-0.2, 0) is 0 Å². The van der Waals surface area contributed by atoms with Gasteiger partial charge in [-0.15, -0.1) is 21.5 Å². The molecule has 0 saturated carbocycles. The summed E-state index contributed by atoms with van der Waals surface area (Å²) in [6.07, 6.45) is 3.66. The molecule has 1 aliphatic rings. The minimum atomic E-state index is 0. The lowest BCUT2D eigenvalue weighted by Crippen LogP contribution is -1.73. The summed E-state index contributed by atoms with van der Waals surface area (Å²) in [4.78, 5) is 1.16. The van der Waals surface area contributed by atoms with E-state index in [4.69, 9.17) is 0 Å². The summed E-state index contributed by atoms with van der Waals surface area (Å²) in [5.74, 6) is 0. The average molecular weight is 243 g/mol. The maximum Gasteiger partial charge on any atom is 0.0508 e. The predicted octanol–water partition coefficient (Wildman–Crippen LogP) is 3.71. The van der Waals surface area contributed by atoms with Crippen molar-refractivity contribution in [1.29, 1.82) is 0 Å². The van der Waals surface area contributed by atoms with Crippen LogP contribution in [0, 0.1) is 0 Å². The third-order valence-electron chi connectivity index (χ3n) is 1.43. The van der Waals surface area contributed by atoms with E-state index in [1.54, 1.807) is 6.20 Å². The van der Waals surface area contributed by atoms with Crippen LogP contribution in [0.25, 0.3) is 6.08 Å². The Hall–Kier alpha value is -0.610. The summed E-state index contributed by atoms with van der Waals surface area (Å²) in [6, 6.07) is 8.10. The van der Waals surface area contributed by atoms with Crippen LogP contribution in [0.2, 0.25) is 0 Å². The van der Waals surface area contributed by atoms with E-state index in [2.05, 4.69) is 15.7 Å². The fraction of sp³-hybridized carbons (Fsp3) is 0. The largest absolute Gasteiger partial charge is 0.151 e. The van der Waals surface area contributed by atoms with E-state index < -0.39 is 0 Å². The molecule has 0 atom stereocenters. The molecular formula is C8H7BrN2S. The van der Waals surface area contributed by atoms with Crippen molar-refractivity contribution < 1.29 is 0 Å². The predicted molar refractivity (Wildman–Crippen MR) is 56.5 cm³/mol. The lowest BCUT2D eigenvalue weighted by Gasteiger charge is -1.96. The molecule has 2 nitrogen and oxygen atoms in total. The second-order valence-electron chi connectivity index (χ2n) is 2.14. The number of hydrogen-bond donors (Lipinski definition) is 0. The number of benzene rings is 1. The quantitative estimate of drug-likeness (QED) is 0.637. The molecule has 1 aromatic rings. The van der Waals surface area contributed by atoms with Crippen molar-refractivity contribution in [3.05, 3.63) is 36.0 Å². The highest BCUT2D eigenvalue weighted by Crippen LogP contribution is 2.26. The molecule has 0 saturated heterocycles. The zero-order chi connectivity index (χ0) is 7.52. The molecule has 0 spiro atoms. The van der Waals surface area contributed by atoms with Gasteiger partial charge in [0.2, 0.25) is 0 Å². The molecule has 0 aromatic heterocycles. The monoisotopic (exact) mass is 242 g/mol. The summed E-state index contributed by atoms with van der Waals surface area (Å²) >= 11 is 1.41. The number of hydrogen-bond acceptors (Lipinski definition) is 3. The Morgan fingerprint density at radius 3 is 2.92 bits per heavy atom. The third-order valence-corrected chi connectivity index (χ3v) is 2.17. The van der Waals surface area contributed by atoms with Gasteiger partial charge in [0, 0.05) is 16.8 Å². The van der Waals surface area contributed by atoms with Crippen LogP contribution in [0.4, 0.5) is 0 Å².